The van der Waals surface area contributed by atoms with E-state index in [9.17, 15) is 9.00 Å². The van der Waals surface area contributed by atoms with Crippen LogP contribution in [0.15, 0.2) is 36.4 Å². The van der Waals surface area contributed by atoms with Crippen molar-refractivity contribution in [1.29, 1.82) is 0 Å². The number of carbonyl (C=O) groups excluding carboxylic acids is 1. The highest BCUT2D eigenvalue weighted by molar-refractivity contribution is 7.74. The van der Waals surface area contributed by atoms with Gasteiger partial charge in [-0.3, -0.25) is 13.5 Å². The van der Waals surface area contributed by atoms with Gasteiger partial charge in [0, 0.05) is 5.56 Å². The lowest BCUT2D eigenvalue weighted by Gasteiger charge is -2.09. The Morgan fingerprint density at radius 3 is 2.50 bits per heavy atom. The van der Waals surface area contributed by atoms with Crippen molar-refractivity contribution in [3.8, 4) is 5.75 Å². The standard InChI is InChI=1S/C14H14O5S/c1-9(19-20(16)17)14(15)12-4-3-11-8-13(18-2)6-5-10(11)7-12/h3-9H,1-2H3,(H,16,17). The molecule has 0 amide bonds. The molecule has 0 aliphatic rings. The zero-order valence-electron chi connectivity index (χ0n) is 11.0. The van der Waals surface area contributed by atoms with E-state index in [0.29, 0.717) is 5.56 Å². The molecule has 0 spiro atoms. The lowest BCUT2D eigenvalue weighted by molar-refractivity contribution is 0.0823. The van der Waals surface area contributed by atoms with Crippen LogP contribution < -0.4 is 4.74 Å². The molecule has 106 valence electrons. The second-order valence-corrected chi connectivity index (χ2v) is 4.87. The van der Waals surface area contributed by atoms with Crippen molar-refractivity contribution in [3.05, 3.63) is 42.0 Å². The molecule has 2 aromatic rings. The number of hydrogen-bond donors (Lipinski definition) is 1. The van der Waals surface area contributed by atoms with Crippen molar-refractivity contribution in [2.24, 2.45) is 0 Å². The molecule has 0 aliphatic carbocycles. The Bertz CT molecular complexity index is 668. The van der Waals surface area contributed by atoms with Gasteiger partial charge in [-0.25, -0.2) is 0 Å². The second-order valence-electron chi connectivity index (χ2n) is 4.25. The van der Waals surface area contributed by atoms with Crippen molar-refractivity contribution in [2.75, 3.05) is 7.11 Å². The van der Waals surface area contributed by atoms with Gasteiger partial charge < -0.3 is 4.74 Å². The zero-order chi connectivity index (χ0) is 14.7. The molecule has 0 fully saturated rings. The molecule has 1 N–H and O–H groups in total. The van der Waals surface area contributed by atoms with Crippen LogP contribution in [0.4, 0.5) is 0 Å². The van der Waals surface area contributed by atoms with Crippen LogP contribution in [0.25, 0.3) is 10.8 Å². The van der Waals surface area contributed by atoms with Gasteiger partial charge in [-0.15, -0.1) is 0 Å². The van der Waals surface area contributed by atoms with Crippen molar-refractivity contribution < 1.29 is 22.5 Å². The highest BCUT2D eigenvalue weighted by atomic mass is 32.2. The fourth-order valence-electron chi connectivity index (χ4n) is 1.91. The molecule has 0 bridgehead atoms. The number of benzene rings is 2. The Hall–Kier alpha value is -1.76. The molecule has 2 aromatic carbocycles. The third-order valence-electron chi connectivity index (χ3n) is 2.93. The quantitative estimate of drug-likeness (QED) is 0.677. The highest BCUT2D eigenvalue weighted by Gasteiger charge is 2.18. The summed E-state index contributed by atoms with van der Waals surface area (Å²) in [4.78, 5) is 12.1. The number of ether oxygens (including phenoxy) is 1. The monoisotopic (exact) mass is 294 g/mol. The molecule has 5 nitrogen and oxygen atoms in total. The van der Waals surface area contributed by atoms with Crippen molar-refractivity contribution in [3.63, 3.8) is 0 Å². The van der Waals surface area contributed by atoms with Gasteiger partial charge >= 0.3 is 11.4 Å². The van der Waals surface area contributed by atoms with Crippen LogP contribution in [0.2, 0.25) is 0 Å². The number of hydrogen-bond acceptors (Lipinski definition) is 4. The lowest BCUT2D eigenvalue weighted by Crippen LogP contribution is -2.21. The number of fused-ring (bicyclic) bond motifs is 1. The molecule has 2 rings (SSSR count). The summed E-state index contributed by atoms with van der Waals surface area (Å²) in [6.07, 6.45) is -0.975. The van der Waals surface area contributed by atoms with Crippen LogP contribution in [0, 0.1) is 0 Å². The summed E-state index contributed by atoms with van der Waals surface area (Å²) in [7, 11) is 1.59. The molecular formula is C14H14O5S. The first-order valence-corrected chi connectivity index (χ1v) is 6.94. The minimum absolute atomic E-state index is 0.342. The van der Waals surface area contributed by atoms with E-state index in [1.165, 1.54) is 6.92 Å². The Labute approximate surface area is 119 Å². The van der Waals surface area contributed by atoms with E-state index in [1.54, 1.807) is 31.4 Å². The Balaban J connectivity index is 2.32. The normalized spacial score (nSPS) is 13.9. The Morgan fingerprint density at radius 2 is 1.85 bits per heavy atom. The average molecular weight is 294 g/mol. The van der Waals surface area contributed by atoms with Crippen molar-refractivity contribution in [2.45, 2.75) is 13.0 Å². The van der Waals surface area contributed by atoms with Gasteiger partial charge in [-0.05, 0) is 35.9 Å². The fraction of sp³-hybridized carbons (Fsp3) is 0.214. The predicted octanol–water partition coefficient (Wildman–Crippen LogP) is 2.57. The maximum atomic E-state index is 12.1. The largest absolute Gasteiger partial charge is 0.497 e. The molecule has 6 heteroatoms. The van der Waals surface area contributed by atoms with E-state index in [1.807, 2.05) is 12.1 Å². The molecule has 2 unspecified atom stereocenters. The number of methoxy groups -OCH3 is 1. The Morgan fingerprint density at radius 1 is 1.20 bits per heavy atom. The number of ketones is 1. The minimum Gasteiger partial charge on any atom is -0.497 e. The van der Waals surface area contributed by atoms with Crippen LogP contribution in [0.3, 0.4) is 0 Å². The van der Waals surface area contributed by atoms with Gasteiger partial charge in [0.25, 0.3) is 0 Å². The maximum absolute atomic E-state index is 12.1. The second kappa shape index (κ2) is 6.13. The van der Waals surface area contributed by atoms with E-state index < -0.39 is 17.5 Å². The third-order valence-corrected chi connectivity index (χ3v) is 3.38. The van der Waals surface area contributed by atoms with Gasteiger partial charge in [0.1, 0.15) is 11.9 Å². The van der Waals surface area contributed by atoms with Crippen molar-refractivity contribution >= 4 is 27.9 Å². The molecule has 0 radical (unpaired) electrons. The number of rotatable bonds is 5. The molecule has 0 saturated carbocycles. The minimum atomic E-state index is -2.46. The number of Topliss-reactive ketones (excluding diaryl/α,β-unsaturated/α-hetero) is 1. The van der Waals surface area contributed by atoms with Gasteiger partial charge in [0.05, 0.1) is 7.11 Å². The van der Waals surface area contributed by atoms with E-state index in [2.05, 4.69) is 4.18 Å². The molecule has 0 heterocycles. The lowest BCUT2D eigenvalue weighted by atomic mass is 10.0. The van der Waals surface area contributed by atoms with E-state index in [4.69, 9.17) is 9.29 Å². The summed E-state index contributed by atoms with van der Waals surface area (Å²) in [5.74, 6) is 0.397. The molecular weight excluding hydrogens is 280 g/mol. The molecule has 20 heavy (non-hydrogen) atoms. The van der Waals surface area contributed by atoms with Gasteiger partial charge in [-0.2, -0.15) is 4.21 Å². The number of carbonyl (C=O) groups is 1. The summed E-state index contributed by atoms with van der Waals surface area (Å²) in [5.41, 5.74) is 0.431. The SMILES string of the molecule is COc1ccc2cc(C(=O)C(C)OS(=O)O)ccc2c1. The summed E-state index contributed by atoms with van der Waals surface area (Å²) < 4.78 is 28.9. The Kier molecular flexibility index (Phi) is 4.49. The fourth-order valence-corrected chi connectivity index (χ4v) is 2.24. The summed E-state index contributed by atoms with van der Waals surface area (Å²) in [6.45, 7) is 1.44. The predicted molar refractivity (Wildman–Crippen MR) is 76.1 cm³/mol. The summed E-state index contributed by atoms with van der Waals surface area (Å²) in [6, 6.07) is 10.7. The van der Waals surface area contributed by atoms with Crippen LogP contribution >= 0.6 is 0 Å². The highest BCUT2D eigenvalue weighted by Crippen LogP contribution is 2.22. The molecule has 2 atom stereocenters. The van der Waals surface area contributed by atoms with Crippen LogP contribution in [-0.4, -0.2) is 27.8 Å². The summed E-state index contributed by atoms with van der Waals surface area (Å²) >= 11 is -2.46. The van der Waals surface area contributed by atoms with Crippen LogP contribution in [0.1, 0.15) is 17.3 Å². The first-order valence-electron chi connectivity index (χ1n) is 5.91. The van der Waals surface area contributed by atoms with Crippen LogP contribution in [-0.2, 0) is 15.5 Å². The van der Waals surface area contributed by atoms with Crippen LogP contribution in [0.5, 0.6) is 5.75 Å². The topological polar surface area (TPSA) is 72.8 Å². The molecule has 0 aliphatic heterocycles. The first kappa shape index (κ1) is 14.6. The van der Waals surface area contributed by atoms with Gasteiger partial charge in [0.15, 0.2) is 5.78 Å². The smallest absolute Gasteiger partial charge is 0.302 e. The van der Waals surface area contributed by atoms with Gasteiger partial charge in [-0.1, -0.05) is 18.2 Å². The van der Waals surface area contributed by atoms with E-state index in [-0.39, 0.29) is 5.78 Å². The molecule has 0 aromatic heterocycles. The van der Waals surface area contributed by atoms with E-state index in [0.717, 1.165) is 16.5 Å². The molecule has 0 saturated heterocycles. The van der Waals surface area contributed by atoms with Crippen molar-refractivity contribution in [1.82, 2.24) is 0 Å². The third kappa shape index (κ3) is 3.22. The summed E-state index contributed by atoms with van der Waals surface area (Å²) in [5, 5.41) is 1.83. The van der Waals surface area contributed by atoms with Gasteiger partial charge in [0.2, 0.25) is 0 Å². The average Bonchev–Trinajstić information content (AvgIpc) is 2.44. The van der Waals surface area contributed by atoms with E-state index >= 15 is 0 Å². The first-order chi connectivity index (χ1) is 9.51. The maximum Gasteiger partial charge on any atom is 0.302 e. The zero-order valence-corrected chi connectivity index (χ0v) is 11.8.